The summed E-state index contributed by atoms with van der Waals surface area (Å²) >= 11 is 0. The summed E-state index contributed by atoms with van der Waals surface area (Å²) < 4.78 is 5.79. The predicted molar refractivity (Wildman–Crippen MR) is 117 cm³/mol. The van der Waals surface area contributed by atoms with Crippen LogP contribution in [0.15, 0.2) is 48.5 Å². The van der Waals surface area contributed by atoms with Crippen LogP contribution in [-0.4, -0.2) is 42.0 Å². The highest BCUT2D eigenvalue weighted by atomic mass is 16.5. The van der Waals surface area contributed by atoms with Gasteiger partial charge in [-0.1, -0.05) is 18.2 Å². The summed E-state index contributed by atoms with van der Waals surface area (Å²) in [6.45, 7) is 6.88. The molecular formula is C24H29N3O3. The van der Waals surface area contributed by atoms with Gasteiger partial charge >= 0.3 is 0 Å². The SMILES string of the molecule is CC1CN(Cc2ccc(C(=O)Nc3cccc(NC(=O)C4CC4)c3)cc2)CC(C)O1. The van der Waals surface area contributed by atoms with E-state index in [-0.39, 0.29) is 29.9 Å². The quantitative estimate of drug-likeness (QED) is 0.762. The molecule has 158 valence electrons. The zero-order chi connectivity index (χ0) is 21.1. The number of benzene rings is 2. The van der Waals surface area contributed by atoms with Gasteiger partial charge in [-0.15, -0.1) is 0 Å². The van der Waals surface area contributed by atoms with Crippen LogP contribution < -0.4 is 10.6 Å². The second-order valence-electron chi connectivity index (χ2n) is 8.45. The van der Waals surface area contributed by atoms with Gasteiger partial charge in [0.25, 0.3) is 5.91 Å². The van der Waals surface area contributed by atoms with Crippen molar-refractivity contribution in [2.75, 3.05) is 23.7 Å². The topological polar surface area (TPSA) is 70.7 Å². The molecular weight excluding hydrogens is 378 g/mol. The number of hydrogen-bond acceptors (Lipinski definition) is 4. The Balaban J connectivity index is 1.34. The van der Waals surface area contributed by atoms with Crippen LogP contribution in [-0.2, 0) is 16.1 Å². The van der Waals surface area contributed by atoms with E-state index in [9.17, 15) is 9.59 Å². The minimum Gasteiger partial charge on any atom is -0.373 e. The van der Waals surface area contributed by atoms with Crippen LogP contribution in [0.2, 0.25) is 0 Å². The lowest BCUT2D eigenvalue weighted by Gasteiger charge is -2.35. The number of carbonyl (C=O) groups is 2. The van der Waals surface area contributed by atoms with Crippen molar-refractivity contribution in [1.82, 2.24) is 4.90 Å². The maximum atomic E-state index is 12.6. The van der Waals surface area contributed by atoms with Crippen LogP contribution in [0, 0.1) is 5.92 Å². The molecule has 1 aliphatic heterocycles. The number of morpholine rings is 1. The summed E-state index contributed by atoms with van der Waals surface area (Å²) in [4.78, 5) is 26.9. The summed E-state index contributed by atoms with van der Waals surface area (Å²) in [5.74, 6) is 0.0320. The minimum absolute atomic E-state index is 0.0538. The minimum atomic E-state index is -0.166. The third kappa shape index (κ3) is 5.46. The van der Waals surface area contributed by atoms with E-state index < -0.39 is 0 Å². The fourth-order valence-electron chi connectivity index (χ4n) is 3.90. The Morgan fingerprint density at radius 1 is 0.967 bits per heavy atom. The molecule has 2 fully saturated rings. The summed E-state index contributed by atoms with van der Waals surface area (Å²) in [6, 6.07) is 15.0. The molecule has 1 aliphatic carbocycles. The number of amides is 2. The number of ether oxygens (including phenoxy) is 1. The zero-order valence-corrected chi connectivity index (χ0v) is 17.6. The highest BCUT2D eigenvalue weighted by Crippen LogP contribution is 2.30. The molecule has 0 spiro atoms. The third-order valence-corrected chi connectivity index (χ3v) is 5.45. The van der Waals surface area contributed by atoms with Gasteiger partial charge in [-0.2, -0.15) is 0 Å². The Morgan fingerprint density at radius 2 is 1.60 bits per heavy atom. The molecule has 2 N–H and O–H groups in total. The maximum absolute atomic E-state index is 12.6. The highest BCUT2D eigenvalue weighted by molar-refractivity contribution is 6.04. The van der Waals surface area contributed by atoms with Crippen LogP contribution in [0.25, 0.3) is 0 Å². The normalized spacial score (nSPS) is 21.8. The number of nitrogens with zero attached hydrogens (tertiary/aromatic N) is 1. The second kappa shape index (κ2) is 8.98. The molecule has 6 heteroatoms. The van der Waals surface area contributed by atoms with E-state index in [1.807, 2.05) is 42.5 Å². The van der Waals surface area contributed by atoms with Gasteiger partial charge in [0, 0.05) is 42.5 Å². The molecule has 2 aromatic carbocycles. The molecule has 1 saturated heterocycles. The number of anilines is 2. The number of rotatable bonds is 6. The van der Waals surface area contributed by atoms with Gasteiger partial charge in [0.05, 0.1) is 12.2 Å². The monoisotopic (exact) mass is 407 g/mol. The molecule has 1 heterocycles. The first-order valence-corrected chi connectivity index (χ1v) is 10.7. The third-order valence-electron chi connectivity index (χ3n) is 5.45. The summed E-state index contributed by atoms with van der Waals surface area (Å²) in [7, 11) is 0. The van der Waals surface area contributed by atoms with Crippen molar-refractivity contribution in [2.24, 2.45) is 5.92 Å². The van der Waals surface area contributed by atoms with Crippen LogP contribution in [0.4, 0.5) is 11.4 Å². The van der Waals surface area contributed by atoms with Crippen molar-refractivity contribution in [3.63, 3.8) is 0 Å². The predicted octanol–water partition coefficient (Wildman–Crippen LogP) is 3.90. The largest absolute Gasteiger partial charge is 0.373 e. The maximum Gasteiger partial charge on any atom is 0.255 e. The number of nitrogens with one attached hydrogen (secondary N) is 2. The van der Waals surface area contributed by atoms with Crippen molar-refractivity contribution in [3.05, 3.63) is 59.7 Å². The van der Waals surface area contributed by atoms with E-state index in [0.29, 0.717) is 16.9 Å². The van der Waals surface area contributed by atoms with Gasteiger partial charge in [-0.25, -0.2) is 0 Å². The Kier molecular flexibility index (Phi) is 6.16. The average Bonchev–Trinajstić information content (AvgIpc) is 3.53. The van der Waals surface area contributed by atoms with E-state index >= 15 is 0 Å². The van der Waals surface area contributed by atoms with Crippen LogP contribution in [0.1, 0.15) is 42.6 Å². The molecule has 1 saturated carbocycles. The standard InChI is InChI=1S/C24H29N3O3/c1-16-13-27(14-17(2)30-16)15-18-6-8-19(9-7-18)23(28)25-21-4-3-5-22(12-21)26-24(29)20-10-11-20/h3-9,12,16-17,20H,10-11,13-15H2,1-2H3,(H,25,28)(H,26,29). The molecule has 2 atom stereocenters. The Labute approximate surface area is 177 Å². The molecule has 6 nitrogen and oxygen atoms in total. The Bertz CT molecular complexity index is 898. The van der Waals surface area contributed by atoms with Crippen LogP contribution in [0.5, 0.6) is 0 Å². The molecule has 2 aliphatic rings. The first kappa shape index (κ1) is 20.6. The lowest BCUT2D eigenvalue weighted by atomic mass is 10.1. The van der Waals surface area contributed by atoms with E-state index in [1.54, 1.807) is 6.07 Å². The second-order valence-corrected chi connectivity index (χ2v) is 8.45. The first-order chi connectivity index (χ1) is 14.5. The van der Waals surface area contributed by atoms with Gasteiger partial charge in [-0.3, -0.25) is 14.5 Å². The van der Waals surface area contributed by atoms with Gasteiger partial charge in [-0.05, 0) is 62.6 Å². The molecule has 4 rings (SSSR count). The number of hydrogen-bond donors (Lipinski definition) is 2. The average molecular weight is 408 g/mol. The van der Waals surface area contributed by atoms with Crippen molar-refractivity contribution in [2.45, 2.75) is 45.4 Å². The fourth-order valence-corrected chi connectivity index (χ4v) is 3.90. The molecule has 0 bridgehead atoms. The van der Waals surface area contributed by atoms with Crippen molar-refractivity contribution in [1.29, 1.82) is 0 Å². The van der Waals surface area contributed by atoms with E-state index in [0.717, 1.165) is 32.5 Å². The molecule has 2 unspecified atom stereocenters. The lowest BCUT2D eigenvalue weighted by molar-refractivity contribution is -0.117. The Morgan fingerprint density at radius 3 is 2.23 bits per heavy atom. The highest BCUT2D eigenvalue weighted by Gasteiger charge is 2.29. The lowest BCUT2D eigenvalue weighted by Crippen LogP contribution is -2.44. The molecule has 2 amide bonds. The summed E-state index contributed by atoms with van der Waals surface area (Å²) in [5.41, 5.74) is 3.15. The van der Waals surface area contributed by atoms with Gasteiger partial charge in [0.2, 0.25) is 5.91 Å². The van der Waals surface area contributed by atoms with Crippen LogP contribution in [0.3, 0.4) is 0 Å². The summed E-state index contributed by atoms with van der Waals surface area (Å²) in [5, 5.41) is 5.82. The van der Waals surface area contributed by atoms with E-state index in [1.165, 1.54) is 5.56 Å². The van der Waals surface area contributed by atoms with Gasteiger partial charge < -0.3 is 15.4 Å². The zero-order valence-electron chi connectivity index (χ0n) is 17.6. The van der Waals surface area contributed by atoms with E-state index in [4.69, 9.17) is 4.74 Å². The van der Waals surface area contributed by atoms with E-state index in [2.05, 4.69) is 29.4 Å². The van der Waals surface area contributed by atoms with Crippen LogP contribution >= 0.6 is 0 Å². The summed E-state index contributed by atoms with van der Waals surface area (Å²) in [6.07, 6.45) is 2.40. The molecule has 30 heavy (non-hydrogen) atoms. The van der Waals surface area contributed by atoms with Crippen molar-refractivity contribution < 1.29 is 14.3 Å². The Hall–Kier alpha value is -2.70. The van der Waals surface area contributed by atoms with Crippen molar-refractivity contribution >= 4 is 23.2 Å². The van der Waals surface area contributed by atoms with Gasteiger partial charge in [0.15, 0.2) is 0 Å². The first-order valence-electron chi connectivity index (χ1n) is 10.7. The smallest absolute Gasteiger partial charge is 0.255 e. The molecule has 0 aromatic heterocycles. The van der Waals surface area contributed by atoms with Crippen molar-refractivity contribution in [3.8, 4) is 0 Å². The van der Waals surface area contributed by atoms with Gasteiger partial charge in [0.1, 0.15) is 0 Å². The fraction of sp³-hybridized carbons (Fsp3) is 0.417. The number of carbonyl (C=O) groups excluding carboxylic acids is 2. The molecule has 0 radical (unpaired) electrons. The molecule has 2 aromatic rings.